The molecule has 21 heavy (non-hydrogen) atoms. The van der Waals surface area contributed by atoms with Crippen molar-refractivity contribution in [2.24, 2.45) is 0 Å². The average Bonchev–Trinajstić information content (AvgIpc) is 2.47. The second kappa shape index (κ2) is 7.95. The van der Waals surface area contributed by atoms with Crippen molar-refractivity contribution in [3.8, 4) is 11.8 Å². The number of hydrogen-bond donors (Lipinski definition) is 2. The van der Waals surface area contributed by atoms with E-state index in [4.69, 9.17) is 10.00 Å². The molecule has 1 aromatic carbocycles. The van der Waals surface area contributed by atoms with Crippen LogP contribution in [0.5, 0.6) is 5.75 Å². The lowest BCUT2D eigenvalue weighted by Crippen LogP contribution is -2.22. The lowest BCUT2D eigenvalue weighted by molar-refractivity contribution is -0.112. The molecular weight excluding hydrogens is 266 g/mol. The first-order valence-corrected chi connectivity index (χ1v) is 6.84. The summed E-state index contributed by atoms with van der Waals surface area (Å²) >= 11 is 0. The van der Waals surface area contributed by atoms with Crippen molar-refractivity contribution in [3.05, 3.63) is 35.5 Å². The molecule has 1 aromatic rings. The zero-order chi connectivity index (χ0) is 15.8. The van der Waals surface area contributed by atoms with Gasteiger partial charge in [-0.05, 0) is 38.0 Å². The summed E-state index contributed by atoms with van der Waals surface area (Å²) in [7, 11) is 1.53. The number of amides is 1. The van der Waals surface area contributed by atoms with Crippen molar-refractivity contribution < 1.29 is 9.53 Å². The van der Waals surface area contributed by atoms with E-state index in [0.717, 1.165) is 12.0 Å². The van der Waals surface area contributed by atoms with Gasteiger partial charge in [-0.2, -0.15) is 5.26 Å². The molecule has 0 aliphatic heterocycles. The molecule has 1 unspecified atom stereocenters. The number of nitrogens with zero attached hydrogens (tertiary/aromatic N) is 1. The van der Waals surface area contributed by atoms with Crippen LogP contribution in [-0.2, 0) is 4.79 Å². The van der Waals surface area contributed by atoms with Crippen LogP contribution in [-0.4, -0.2) is 19.1 Å². The molecule has 1 rings (SSSR count). The maximum atomic E-state index is 12.1. The highest BCUT2D eigenvalue weighted by Gasteiger charge is 2.12. The Morgan fingerprint density at radius 2 is 2.24 bits per heavy atom. The number of nitrogens with one attached hydrogen (secondary N) is 2. The fourth-order valence-corrected chi connectivity index (χ4v) is 1.60. The van der Waals surface area contributed by atoms with Crippen LogP contribution in [0.15, 0.2) is 30.0 Å². The van der Waals surface area contributed by atoms with Gasteiger partial charge in [-0.25, -0.2) is 0 Å². The molecule has 2 N–H and O–H groups in total. The highest BCUT2D eigenvalue weighted by molar-refractivity contribution is 6.07. The van der Waals surface area contributed by atoms with Gasteiger partial charge in [0, 0.05) is 12.2 Å². The van der Waals surface area contributed by atoms with Crippen LogP contribution >= 0.6 is 0 Å². The van der Waals surface area contributed by atoms with Crippen molar-refractivity contribution in [2.45, 2.75) is 33.2 Å². The van der Waals surface area contributed by atoms with Gasteiger partial charge < -0.3 is 15.4 Å². The van der Waals surface area contributed by atoms with E-state index < -0.39 is 5.91 Å². The number of hydrogen-bond acceptors (Lipinski definition) is 4. The van der Waals surface area contributed by atoms with E-state index in [2.05, 4.69) is 10.6 Å². The Labute approximate surface area is 125 Å². The molecule has 0 aromatic heterocycles. The van der Waals surface area contributed by atoms with E-state index in [0.29, 0.717) is 11.4 Å². The Balaban J connectivity index is 2.89. The standard InChI is InChI=1S/C16H21N3O2/c1-5-12(3)18-10-13(9-17)16(20)19-14-8-11(2)6-7-15(14)21-4/h6-8,10,12,18H,5H2,1-4H3,(H,19,20)/b13-10-. The number of methoxy groups -OCH3 is 1. The van der Waals surface area contributed by atoms with E-state index in [9.17, 15) is 4.79 Å². The Kier molecular flexibility index (Phi) is 6.28. The molecule has 0 bridgehead atoms. The highest BCUT2D eigenvalue weighted by atomic mass is 16.5. The van der Waals surface area contributed by atoms with Crippen LogP contribution in [0.1, 0.15) is 25.8 Å². The SMILES string of the molecule is CCC(C)N/C=C(/C#N)C(=O)Nc1cc(C)ccc1OC. The number of nitriles is 1. The Morgan fingerprint density at radius 1 is 1.52 bits per heavy atom. The number of anilines is 1. The second-order valence-electron chi connectivity index (χ2n) is 4.80. The quantitative estimate of drug-likeness (QED) is 0.623. The van der Waals surface area contributed by atoms with Gasteiger partial charge >= 0.3 is 0 Å². The predicted octanol–water partition coefficient (Wildman–Crippen LogP) is 2.74. The molecule has 0 saturated heterocycles. The monoisotopic (exact) mass is 287 g/mol. The first-order valence-electron chi connectivity index (χ1n) is 6.84. The minimum atomic E-state index is -0.461. The van der Waals surface area contributed by atoms with E-state index in [-0.39, 0.29) is 11.6 Å². The van der Waals surface area contributed by atoms with Gasteiger partial charge in [0.05, 0.1) is 12.8 Å². The number of aryl methyl sites for hydroxylation is 1. The van der Waals surface area contributed by atoms with Crippen LogP contribution in [0.25, 0.3) is 0 Å². The van der Waals surface area contributed by atoms with Crippen LogP contribution in [0.3, 0.4) is 0 Å². The molecule has 0 heterocycles. The predicted molar refractivity (Wildman–Crippen MR) is 82.9 cm³/mol. The summed E-state index contributed by atoms with van der Waals surface area (Å²) in [6, 6.07) is 7.57. The summed E-state index contributed by atoms with van der Waals surface area (Å²) < 4.78 is 5.20. The van der Waals surface area contributed by atoms with E-state index in [1.807, 2.05) is 32.9 Å². The van der Waals surface area contributed by atoms with Crippen molar-refractivity contribution in [1.29, 1.82) is 5.26 Å². The fourth-order valence-electron chi connectivity index (χ4n) is 1.60. The van der Waals surface area contributed by atoms with Crippen molar-refractivity contribution in [1.82, 2.24) is 5.32 Å². The third-order valence-corrected chi connectivity index (χ3v) is 3.09. The van der Waals surface area contributed by atoms with Crippen LogP contribution in [0, 0.1) is 18.3 Å². The van der Waals surface area contributed by atoms with Crippen LogP contribution in [0.4, 0.5) is 5.69 Å². The van der Waals surface area contributed by atoms with Gasteiger partial charge in [0.1, 0.15) is 17.4 Å². The lowest BCUT2D eigenvalue weighted by atomic mass is 10.2. The van der Waals surface area contributed by atoms with Gasteiger partial charge in [0.2, 0.25) is 0 Å². The average molecular weight is 287 g/mol. The Morgan fingerprint density at radius 3 is 2.81 bits per heavy atom. The molecular formula is C16H21N3O2. The Bertz CT molecular complexity index is 573. The minimum Gasteiger partial charge on any atom is -0.495 e. The third kappa shape index (κ3) is 4.84. The van der Waals surface area contributed by atoms with E-state index in [1.165, 1.54) is 13.3 Å². The number of rotatable bonds is 6. The van der Waals surface area contributed by atoms with Gasteiger partial charge in [0.25, 0.3) is 5.91 Å². The zero-order valence-electron chi connectivity index (χ0n) is 12.9. The first-order chi connectivity index (χ1) is 10.0. The number of carbonyl (C=O) groups excluding carboxylic acids is 1. The lowest BCUT2D eigenvalue weighted by Gasteiger charge is -2.12. The van der Waals surface area contributed by atoms with Crippen LogP contribution < -0.4 is 15.4 Å². The molecule has 112 valence electrons. The fraction of sp³-hybridized carbons (Fsp3) is 0.375. The number of benzene rings is 1. The van der Waals surface area contributed by atoms with Crippen molar-refractivity contribution in [2.75, 3.05) is 12.4 Å². The molecule has 0 radical (unpaired) electrons. The maximum absolute atomic E-state index is 12.1. The topological polar surface area (TPSA) is 74.2 Å². The summed E-state index contributed by atoms with van der Waals surface area (Å²) in [6.07, 6.45) is 2.36. The number of ether oxygens (including phenoxy) is 1. The summed E-state index contributed by atoms with van der Waals surface area (Å²) in [4.78, 5) is 12.1. The maximum Gasteiger partial charge on any atom is 0.267 e. The Hall–Kier alpha value is -2.48. The van der Waals surface area contributed by atoms with Gasteiger partial charge in [-0.1, -0.05) is 13.0 Å². The summed E-state index contributed by atoms with van der Waals surface area (Å²) in [5, 5.41) is 14.8. The molecule has 0 aliphatic carbocycles. The van der Waals surface area contributed by atoms with Crippen molar-refractivity contribution in [3.63, 3.8) is 0 Å². The minimum absolute atomic E-state index is 0.0267. The highest BCUT2D eigenvalue weighted by Crippen LogP contribution is 2.25. The molecule has 1 atom stereocenters. The van der Waals surface area contributed by atoms with E-state index in [1.54, 1.807) is 12.1 Å². The number of carbonyl (C=O) groups is 1. The molecule has 0 spiro atoms. The van der Waals surface area contributed by atoms with E-state index >= 15 is 0 Å². The molecule has 0 fully saturated rings. The van der Waals surface area contributed by atoms with Crippen LogP contribution in [0.2, 0.25) is 0 Å². The summed E-state index contributed by atoms with van der Waals surface area (Å²) in [5.74, 6) is 0.0957. The normalized spacial score (nSPS) is 12.2. The van der Waals surface area contributed by atoms with Gasteiger partial charge in [0.15, 0.2) is 0 Å². The molecule has 5 nitrogen and oxygen atoms in total. The molecule has 1 amide bonds. The molecule has 0 aliphatic rings. The van der Waals surface area contributed by atoms with Gasteiger partial charge in [-0.15, -0.1) is 0 Å². The first kappa shape index (κ1) is 16.6. The van der Waals surface area contributed by atoms with Gasteiger partial charge in [-0.3, -0.25) is 4.79 Å². The third-order valence-electron chi connectivity index (χ3n) is 3.09. The summed E-state index contributed by atoms with van der Waals surface area (Å²) in [5.41, 5.74) is 1.57. The molecule has 0 saturated carbocycles. The molecule has 5 heteroatoms. The summed E-state index contributed by atoms with van der Waals surface area (Å²) in [6.45, 7) is 5.92. The largest absolute Gasteiger partial charge is 0.495 e. The smallest absolute Gasteiger partial charge is 0.267 e. The zero-order valence-corrected chi connectivity index (χ0v) is 12.9. The second-order valence-corrected chi connectivity index (χ2v) is 4.80. The van der Waals surface area contributed by atoms with Crippen molar-refractivity contribution >= 4 is 11.6 Å².